The Labute approximate surface area is 124 Å². The molecule has 2 atom stereocenters. The van der Waals surface area contributed by atoms with E-state index in [0.29, 0.717) is 12.0 Å². The van der Waals surface area contributed by atoms with Gasteiger partial charge in [0.15, 0.2) is 0 Å². The second-order valence-corrected chi connectivity index (χ2v) is 8.99. The first-order valence-electron chi connectivity index (χ1n) is 6.61. The fourth-order valence-corrected chi connectivity index (χ4v) is 3.64. The van der Waals surface area contributed by atoms with Crippen molar-refractivity contribution in [1.29, 1.82) is 0 Å². The molecule has 1 aromatic rings. The summed E-state index contributed by atoms with van der Waals surface area (Å²) in [6, 6.07) is 8.60. The molecule has 0 aliphatic heterocycles. The van der Waals surface area contributed by atoms with E-state index in [4.69, 9.17) is 0 Å². The lowest BCUT2D eigenvalue weighted by Crippen LogP contribution is -2.21. The van der Waals surface area contributed by atoms with Crippen LogP contribution < -0.4 is 5.32 Å². The van der Waals surface area contributed by atoms with Crippen LogP contribution in [0.25, 0.3) is 0 Å². The largest absolute Gasteiger partial charge is 0.344 e. The maximum Gasteiger partial charge on any atom is 0.284 e. The highest BCUT2D eigenvalue weighted by Crippen LogP contribution is 2.34. The van der Waals surface area contributed by atoms with Gasteiger partial charge in [0.25, 0.3) is 5.24 Å². The van der Waals surface area contributed by atoms with E-state index in [1.54, 1.807) is 0 Å². The first-order chi connectivity index (χ1) is 8.83. The molecule has 104 valence electrons. The standard InChI is InChI=1S/C15H21NOS2/c1-10-8-13(10)16-14(17)18-11-6-5-7-12(9-11)19-15(2,3)4/h5-7,9-10,13H,8H2,1-4H3,(H,16,17). The van der Waals surface area contributed by atoms with Crippen LogP contribution in [0.3, 0.4) is 0 Å². The average Bonchev–Trinajstić information content (AvgIpc) is 2.91. The molecule has 2 nitrogen and oxygen atoms in total. The van der Waals surface area contributed by atoms with Crippen molar-refractivity contribution >= 4 is 28.8 Å². The second-order valence-electron chi connectivity index (χ2n) is 6.04. The summed E-state index contributed by atoms with van der Waals surface area (Å²) >= 11 is 3.11. The number of carbonyl (C=O) groups is 1. The van der Waals surface area contributed by atoms with Crippen molar-refractivity contribution in [3.8, 4) is 0 Å². The van der Waals surface area contributed by atoms with Gasteiger partial charge in [0, 0.05) is 20.6 Å². The molecule has 1 aliphatic carbocycles. The van der Waals surface area contributed by atoms with E-state index >= 15 is 0 Å². The molecule has 1 saturated carbocycles. The Morgan fingerprint density at radius 2 is 1.95 bits per heavy atom. The summed E-state index contributed by atoms with van der Waals surface area (Å²) in [6.07, 6.45) is 1.12. The van der Waals surface area contributed by atoms with Gasteiger partial charge in [-0.05, 0) is 42.3 Å². The Kier molecular flexibility index (Phi) is 4.51. The summed E-state index contributed by atoms with van der Waals surface area (Å²) in [5.41, 5.74) is 0. The monoisotopic (exact) mass is 295 g/mol. The van der Waals surface area contributed by atoms with Crippen LogP contribution in [-0.4, -0.2) is 16.0 Å². The van der Waals surface area contributed by atoms with Crippen molar-refractivity contribution in [2.24, 2.45) is 5.92 Å². The topological polar surface area (TPSA) is 29.1 Å². The SMILES string of the molecule is CC1CC1NC(=O)Sc1cccc(SC(C)(C)C)c1. The van der Waals surface area contributed by atoms with Crippen molar-refractivity contribution in [2.75, 3.05) is 0 Å². The Hall–Kier alpha value is -0.610. The Balaban J connectivity index is 1.93. The molecule has 0 spiro atoms. The minimum atomic E-state index is 0.0623. The highest BCUT2D eigenvalue weighted by atomic mass is 32.2. The average molecular weight is 295 g/mol. The predicted molar refractivity (Wildman–Crippen MR) is 84.0 cm³/mol. The Morgan fingerprint density at radius 3 is 2.53 bits per heavy atom. The third-order valence-electron chi connectivity index (χ3n) is 2.85. The van der Waals surface area contributed by atoms with E-state index in [1.165, 1.54) is 16.7 Å². The number of benzene rings is 1. The van der Waals surface area contributed by atoms with Crippen LogP contribution in [0.5, 0.6) is 0 Å². The molecule has 0 bridgehead atoms. The van der Waals surface area contributed by atoms with Gasteiger partial charge in [-0.3, -0.25) is 4.79 Å². The van der Waals surface area contributed by atoms with Crippen molar-refractivity contribution < 1.29 is 4.79 Å². The minimum Gasteiger partial charge on any atom is -0.344 e. The molecule has 1 aromatic carbocycles. The molecule has 19 heavy (non-hydrogen) atoms. The number of rotatable bonds is 3. The van der Waals surface area contributed by atoms with Crippen molar-refractivity contribution in [3.05, 3.63) is 24.3 Å². The van der Waals surface area contributed by atoms with E-state index < -0.39 is 0 Å². The second kappa shape index (κ2) is 5.80. The molecule has 0 saturated heterocycles. The van der Waals surface area contributed by atoms with E-state index in [2.05, 4.69) is 45.1 Å². The molecule has 2 unspecified atom stereocenters. The first kappa shape index (κ1) is 14.8. The summed E-state index contributed by atoms with van der Waals surface area (Å²) < 4.78 is 0.189. The fraction of sp³-hybridized carbons (Fsp3) is 0.533. The summed E-state index contributed by atoms with van der Waals surface area (Å²) in [5.74, 6) is 0.646. The normalized spacial score (nSPS) is 22.1. The van der Waals surface area contributed by atoms with Crippen LogP contribution in [0.1, 0.15) is 34.1 Å². The lowest BCUT2D eigenvalue weighted by atomic mass is 10.3. The third-order valence-corrected chi connectivity index (χ3v) is 4.75. The molecular weight excluding hydrogens is 274 g/mol. The quantitative estimate of drug-likeness (QED) is 0.813. The number of nitrogens with one attached hydrogen (secondary N) is 1. The highest BCUT2D eigenvalue weighted by molar-refractivity contribution is 8.13. The molecule has 4 heteroatoms. The molecule has 0 heterocycles. The van der Waals surface area contributed by atoms with Gasteiger partial charge in [-0.15, -0.1) is 11.8 Å². The predicted octanol–water partition coefficient (Wildman–Crippen LogP) is 4.79. The number of amides is 1. The molecule has 0 aromatic heterocycles. The molecule has 0 radical (unpaired) electrons. The number of carbonyl (C=O) groups excluding carboxylic acids is 1. The number of hydrogen-bond acceptors (Lipinski definition) is 3. The molecule has 2 rings (SSSR count). The lowest BCUT2D eigenvalue weighted by Gasteiger charge is -2.17. The van der Waals surface area contributed by atoms with E-state index in [0.717, 1.165) is 11.3 Å². The zero-order valence-electron chi connectivity index (χ0n) is 11.9. The van der Waals surface area contributed by atoms with Gasteiger partial charge in [0.2, 0.25) is 0 Å². The Morgan fingerprint density at radius 1 is 1.32 bits per heavy atom. The van der Waals surface area contributed by atoms with Crippen molar-refractivity contribution in [2.45, 2.75) is 54.7 Å². The summed E-state index contributed by atoms with van der Waals surface area (Å²) in [7, 11) is 0. The van der Waals surface area contributed by atoms with Crippen LogP contribution in [-0.2, 0) is 0 Å². The molecule has 1 aliphatic rings. The van der Waals surface area contributed by atoms with E-state index in [-0.39, 0.29) is 9.99 Å². The van der Waals surface area contributed by atoms with Gasteiger partial charge in [0.05, 0.1) is 0 Å². The van der Waals surface area contributed by atoms with Gasteiger partial charge in [-0.2, -0.15) is 0 Å². The van der Waals surface area contributed by atoms with Crippen molar-refractivity contribution in [1.82, 2.24) is 5.32 Å². The smallest absolute Gasteiger partial charge is 0.284 e. The van der Waals surface area contributed by atoms with Gasteiger partial charge in [-0.25, -0.2) is 0 Å². The fourth-order valence-electron chi connectivity index (χ4n) is 1.77. The Bertz CT molecular complexity index is 467. The zero-order valence-corrected chi connectivity index (χ0v) is 13.5. The molecule has 1 amide bonds. The van der Waals surface area contributed by atoms with E-state index in [1.807, 2.05) is 23.9 Å². The minimum absolute atomic E-state index is 0.0623. The van der Waals surface area contributed by atoms with Crippen LogP contribution >= 0.6 is 23.5 Å². The number of hydrogen-bond donors (Lipinski definition) is 1. The van der Waals surface area contributed by atoms with Crippen LogP contribution in [0.4, 0.5) is 4.79 Å². The summed E-state index contributed by atoms with van der Waals surface area (Å²) in [6.45, 7) is 8.74. The highest BCUT2D eigenvalue weighted by Gasteiger charge is 2.33. The van der Waals surface area contributed by atoms with Crippen LogP contribution in [0.2, 0.25) is 0 Å². The van der Waals surface area contributed by atoms with Crippen LogP contribution in [0, 0.1) is 5.92 Å². The van der Waals surface area contributed by atoms with Crippen molar-refractivity contribution in [3.63, 3.8) is 0 Å². The van der Waals surface area contributed by atoms with Gasteiger partial charge in [-0.1, -0.05) is 33.8 Å². The lowest BCUT2D eigenvalue weighted by molar-refractivity contribution is 0.260. The van der Waals surface area contributed by atoms with Crippen LogP contribution in [0.15, 0.2) is 34.1 Å². The third kappa shape index (κ3) is 5.11. The molecular formula is C15H21NOS2. The van der Waals surface area contributed by atoms with Gasteiger partial charge in [0.1, 0.15) is 0 Å². The van der Waals surface area contributed by atoms with E-state index in [9.17, 15) is 4.79 Å². The summed E-state index contributed by atoms with van der Waals surface area (Å²) in [4.78, 5) is 14.1. The zero-order chi connectivity index (χ0) is 14.0. The maximum absolute atomic E-state index is 11.9. The van der Waals surface area contributed by atoms with Gasteiger partial charge < -0.3 is 5.32 Å². The van der Waals surface area contributed by atoms with Gasteiger partial charge >= 0.3 is 0 Å². The molecule has 1 N–H and O–H groups in total. The molecule has 1 fully saturated rings. The first-order valence-corrected chi connectivity index (χ1v) is 8.24. The number of thioether (sulfide) groups is 2. The maximum atomic E-state index is 11.9. The summed E-state index contributed by atoms with van der Waals surface area (Å²) in [5, 5.41) is 3.10.